The zero-order chi connectivity index (χ0) is 27.1. The third-order valence-corrected chi connectivity index (χ3v) is 8.43. The number of carbonyl (C=O) groups is 2. The molecule has 0 saturated heterocycles. The fourth-order valence-electron chi connectivity index (χ4n) is 4.69. The van der Waals surface area contributed by atoms with Crippen LogP contribution in [0.15, 0.2) is 71.2 Å². The molecule has 2 amide bonds. The third kappa shape index (κ3) is 7.75. The van der Waals surface area contributed by atoms with E-state index in [1.165, 1.54) is 0 Å². The highest BCUT2D eigenvalue weighted by Gasteiger charge is 2.32. The van der Waals surface area contributed by atoms with Gasteiger partial charge >= 0.3 is 0 Å². The van der Waals surface area contributed by atoms with Crippen LogP contribution in [0.1, 0.15) is 42.4 Å². The average Bonchev–Trinajstić information content (AvgIpc) is 3.42. The van der Waals surface area contributed by atoms with Crippen molar-refractivity contribution in [2.45, 2.75) is 57.7 Å². The summed E-state index contributed by atoms with van der Waals surface area (Å²) < 4.78 is 6.85. The SMILES string of the molecule is Cc1cc(OCC(=O)N(Cc2ccc(Cl)c(Cl)c2)C(Cc2ccccc2)C(=O)NC2CCCC2)ccc1Br. The first-order valence-corrected chi connectivity index (χ1v) is 14.3. The maximum atomic E-state index is 13.8. The Morgan fingerprint density at radius 3 is 2.42 bits per heavy atom. The van der Waals surface area contributed by atoms with E-state index in [4.69, 9.17) is 27.9 Å². The number of halogens is 3. The molecule has 1 saturated carbocycles. The molecular formula is C30H31BrCl2N2O3. The van der Waals surface area contributed by atoms with Gasteiger partial charge in [0.25, 0.3) is 5.91 Å². The Labute approximate surface area is 242 Å². The minimum Gasteiger partial charge on any atom is -0.484 e. The maximum Gasteiger partial charge on any atom is 0.261 e. The van der Waals surface area contributed by atoms with Crippen molar-refractivity contribution in [1.82, 2.24) is 10.2 Å². The smallest absolute Gasteiger partial charge is 0.261 e. The number of benzene rings is 3. The highest BCUT2D eigenvalue weighted by molar-refractivity contribution is 9.10. The molecule has 8 heteroatoms. The van der Waals surface area contributed by atoms with Crippen LogP contribution in [-0.2, 0) is 22.6 Å². The molecular weight excluding hydrogens is 587 g/mol. The summed E-state index contributed by atoms with van der Waals surface area (Å²) in [6, 6.07) is 20.0. The number of hydrogen-bond donors (Lipinski definition) is 1. The van der Waals surface area contributed by atoms with Gasteiger partial charge < -0.3 is 15.0 Å². The average molecular weight is 618 g/mol. The van der Waals surface area contributed by atoms with Gasteiger partial charge in [-0.25, -0.2) is 0 Å². The lowest BCUT2D eigenvalue weighted by Crippen LogP contribution is -2.53. The fourth-order valence-corrected chi connectivity index (χ4v) is 5.26. The van der Waals surface area contributed by atoms with Crippen molar-refractivity contribution < 1.29 is 14.3 Å². The van der Waals surface area contributed by atoms with Crippen LogP contribution in [0.3, 0.4) is 0 Å². The van der Waals surface area contributed by atoms with E-state index in [-0.39, 0.29) is 31.0 Å². The van der Waals surface area contributed by atoms with Crippen LogP contribution in [0, 0.1) is 6.92 Å². The van der Waals surface area contributed by atoms with Crippen molar-refractivity contribution >= 4 is 50.9 Å². The van der Waals surface area contributed by atoms with Crippen molar-refractivity contribution in [2.24, 2.45) is 0 Å². The number of ether oxygens (including phenoxy) is 1. The summed E-state index contributed by atoms with van der Waals surface area (Å²) >= 11 is 15.9. The number of aryl methyl sites for hydroxylation is 1. The minimum atomic E-state index is -0.727. The van der Waals surface area contributed by atoms with Gasteiger partial charge in [0.15, 0.2) is 6.61 Å². The maximum absolute atomic E-state index is 13.8. The topological polar surface area (TPSA) is 58.6 Å². The van der Waals surface area contributed by atoms with Gasteiger partial charge in [0.2, 0.25) is 5.91 Å². The molecule has 3 aromatic carbocycles. The summed E-state index contributed by atoms with van der Waals surface area (Å²) in [4.78, 5) is 29.1. The lowest BCUT2D eigenvalue weighted by molar-refractivity contribution is -0.143. The van der Waals surface area contributed by atoms with E-state index >= 15 is 0 Å². The third-order valence-electron chi connectivity index (χ3n) is 6.80. The molecule has 200 valence electrons. The first kappa shape index (κ1) is 28.5. The van der Waals surface area contributed by atoms with Crippen LogP contribution in [0.25, 0.3) is 0 Å². The molecule has 0 bridgehead atoms. The van der Waals surface area contributed by atoms with Crippen molar-refractivity contribution in [3.63, 3.8) is 0 Å². The monoisotopic (exact) mass is 616 g/mol. The summed E-state index contributed by atoms with van der Waals surface area (Å²) in [5.41, 5.74) is 2.75. The Kier molecular flexibility index (Phi) is 10.1. The highest BCUT2D eigenvalue weighted by Crippen LogP contribution is 2.26. The Bertz CT molecular complexity index is 1270. The molecule has 4 rings (SSSR count). The van der Waals surface area contributed by atoms with Crippen LogP contribution < -0.4 is 10.1 Å². The predicted octanol–water partition coefficient (Wildman–Crippen LogP) is 7.14. The Hall–Kier alpha value is -2.54. The molecule has 1 aliphatic carbocycles. The predicted molar refractivity (Wildman–Crippen MR) is 156 cm³/mol. The number of rotatable bonds is 10. The Balaban J connectivity index is 1.63. The van der Waals surface area contributed by atoms with Gasteiger partial charge in [0, 0.05) is 23.5 Å². The van der Waals surface area contributed by atoms with Crippen molar-refractivity contribution in [3.05, 3.63) is 97.9 Å². The van der Waals surface area contributed by atoms with Crippen LogP contribution in [0.4, 0.5) is 0 Å². The molecule has 0 aliphatic heterocycles. The number of carbonyl (C=O) groups excluding carboxylic acids is 2. The first-order valence-electron chi connectivity index (χ1n) is 12.8. The largest absolute Gasteiger partial charge is 0.484 e. The summed E-state index contributed by atoms with van der Waals surface area (Å²) in [5, 5.41) is 4.03. The van der Waals surface area contributed by atoms with Gasteiger partial charge in [-0.2, -0.15) is 0 Å². The normalized spacial score (nSPS) is 14.2. The van der Waals surface area contributed by atoms with Crippen molar-refractivity contribution in [2.75, 3.05) is 6.61 Å². The lowest BCUT2D eigenvalue weighted by Gasteiger charge is -2.32. The van der Waals surface area contributed by atoms with Crippen LogP contribution in [0.5, 0.6) is 5.75 Å². The number of amides is 2. The summed E-state index contributed by atoms with van der Waals surface area (Å²) in [5.74, 6) is 0.136. The van der Waals surface area contributed by atoms with Gasteiger partial charge in [0.05, 0.1) is 10.0 Å². The van der Waals surface area contributed by atoms with E-state index in [0.29, 0.717) is 22.2 Å². The summed E-state index contributed by atoms with van der Waals surface area (Å²) in [6.07, 6.45) is 4.48. The second-order valence-corrected chi connectivity index (χ2v) is 11.3. The van der Waals surface area contributed by atoms with Gasteiger partial charge in [0.1, 0.15) is 11.8 Å². The molecule has 1 atom stereocenters. The molecule has 1 unspecified atom stereocenters. The molecule has 0 radical (unpaired) electrons. The standard InChI is InChI=1S/C30H31BrCl2N2O3/c1-20-15-24(12-13-25(20)31)38-19-29(36)35(18-22-11-14-26(32)27(33)16-22)28(17-21-7-3-2-4-8-21)30(37)34-23-9-5-6-10-23/h2-4,7-8,11-16,23,28H,5-6,9-10,17-19H2,1H3,(H,34,37). The number of nitrogens with zero attached hydrogens (tertiary/aromatic N) is 1. The second kappa shape index (κ2) is 13.5. The van der Waals surface area contributed by atoms with Gasteiger partial charge in [-0.1, -0.05) is 88.4 Å². The van der Waals surface area contributed by atoms with Crippen molar-refractivity contribution in [3.8, 4) is 5.75 Å². The quantitative estimate of drug-likeness (QED) is 0.263. The lowest BCUT2D eigenvalue weighted by atomic mass is 10.0. The van der Waals surface area contributed by atoms with Crippen LogP contribution in [0.2, 0.25) is 10.0 Å². The van der Waals surface area contributed by atoms with Crippen LogP contribution >= 0.6 is 39.1 Å². The van der Waals surface area contributed by atoms with E-state index < -0.39 is 6.04 Å². The Morgan fingerprint density at radius 1 is 1.00 bits per heavy atom. The molecule has 3 aromatic rings. The first-order chi connectivity index (χ1) is 18.3. The molecule has 0 spiro atoms. The molecule has 1 aliphatic rings. The molecule has 38 heavy (non-hydrogen) atoms. The van der Waals surface area contributed by atoms with Crippen LogP contribution in [-0.4, -0.2) is 35.4 Å². The molecule has 1 N–H and O–H groups in total. The molecule has 1 fully saturated rings. The summed E-state index contributed by atoms with van der Waals surface area (Å²) in [6.45, 7) is 1.94. The van der Waals surface area contributed by atoms with Gasteiger partial charge in [-0.15, -0.1) is 0 Å². The second-order valence-electron chi connectivity index (χ2n) is 9.67. The molecule has 0 aromatic heterocycles. The Morgan fingerprint density at radius 2 is 1.74 bits per heavy atom. The van der Waals surface area contributed by atoms with E-state index in [1.807, 2.05) is 61.5 Å². The molecule has 5 nitrogen and oxygen atoms in total. The van der Waals surface area contributed by atoms with Crippen molar-refractivity contribution in [1.29, 1.82) is 0 Å². The van der Waals surface area contributed by atoms with E-state index in [1.54, 1.807) is 17.0 Å². The van der Waals surface area contributed by atoms with E-state index in [9.17, 15) is 9.59 Å². The van der Waals surface area contributed by atoms with Gasteiger partial charge in [-0.3, -0.25) is 9.59 Å². The van der Waals surface area contributed by atoms with E-state index in [2.05, 4.69) is 21.2 Å². The highest BCUT2D eigenvalue weighted by atomic mass is 79.9. The summed E-state index contributed by atoms with van der Waals surface area (Å²) in [7, 11) is 0. The van der Waals surface area contributed by atoms with Gasteiger partial charge in [-0.05, 0) is 66.8 Å². The zero-order valence-corrected chi connectivity index (χ0v) is 24.4. The minimum absolute atomic E-state index is 0.129. The number of nitrogens with one attached hydrogen (secondary N) is 1. The zero-order valence-electron chi connectivity index (χ0n) is 21.3. The van der Waals surface area contributed by atoms with E-state index in [0.717, 1.165) is 46.8 Å². The number of hydrogen-bond acceptors (Lipinski definition) is 3. The molecule has 0 heterocycles. The fraction of sp³-hybridized carbons (Fsp3) is 0.333.